The Hall–Kier alpha value is -6.76. The summed E-state index contributed by atoms with van der Waals surface area (Å²) in [6.07, 6.45) is 0. The Morgan fingerprint density at radius 1 is 0.173 bits per heavy atom. The first kappa shape index (κ1) is 30.1. The summed E-state index contributed by atoms with van der Waals surface area (Å²) in [5.41, 5.74) is 12.3. The van der Waals surface area contributed by atoms with Gasteiger partial charge in [-0.3, -0.25) is 0 Å². The minimum absolute atomic E-state index is 1.21. The second-order valence-electron chi connectivity index (χ2n) is 13.7. The van der Waals surface area contributed by atoms with E-state index in [1.165, 1.54) is 98.7 Å². The Morgan fingerprint density at radius 2 is 0.462 bits per heavy atom. The van der Waals surface area contributed by atoms with Crippen LogP contribution in [0.15, 0.2) is 206 Å². The first-order valence-electron chi connectivity index (χ1n) is 18.0. The molecule has 0 spiro atoms. The van der Waals surface area contributed by atoms with Gasteiger partial charge in [-0.2, -0.15) is 0 Å². The third-order valence-electron chi connectivity index (χ3n) is 10.6. The Kier molecular flexibility index (Phi) is 7.25. The van der Waals surface area contributed by atoms with E-state index in [0.29, 0.717) is 0 Å². The largest absolute Gasteiger partial charge is 0.0616 e. The van der Waals surface area contributed by atoms with Gasteiger partial charge < -0.3 is 0 Å². The SMILES string of the molecule is c1cc(-c2cccc(-c3ccc4ccccc4c3)c2)cc(-c2cccc(-c3c4ccccc4c(-c4ccc5ccccc5c4)c4ccccc34)c2)c1. The fourth-order valence-corrected chi connectivity index (χ4v) is 8.08. The second-order valence-corrected chi connectivity index (χ2v) is 13.7. The van der Waals surface area contributed by atoms with Crippen LogP contribution in [0.3, 0.4) is 0 Å². The third-order valence-corrected chi connectivity index (χ3v) is 10.6. The summed E-state index contributed by atoms with van der Waals surface area (Å²) in [5.74, 6) is 0. The summed E-state index contributed by atoms with van der Waals surface area (Å²) in [6.45, 7) is 0. The molecule has 0 bridgehead atoms. The molecular formula is C52H34. The average molecular weight is 659 g/mol. The molecular weight excluding hydrogens is 625 g/mol. The molecule has 10 rings (SSSR count). The van der Waals surface area contributed by atoms with Crippen molar-refractivity contribution in [3.8, 4) is 55.6 Å². The summed E-state index contributed by atoms with van der Waals surface area (Å²) in [5, 5.41) is 10.1. The minimum Gasteiger partial charge on any atom is -0.0616 e. The van der Waals surface area contributed by atoms with Crippen molar-refractivity contribution < 1.29 is 0 Å². The van der Waals surface area contributed by atoms with E-state index in [9.17, 15) is 0 Å². The van der Waals surface area contributed by atoms with Crippen molar-refractivity contribution >= 4 is 43.1 Å². The molecule has 0 aliphatic heterocycles. The van der Waals surface area contributed by atoms with Crippen LogP contribution in [0, 0.1) is 0 Å². The summed E-state index contributed by atoms with van der Waals surface area (Å²) in [6, 6.07) is 75.6. The van der Waals surface area contributed by atoms with E-state index in [1.54, 1.807) is 0 Å². The molecule has 0 saturated carbocycles. The molecule has 0 amide bonds. The molecule has 242 valence electrons. The van der Waals surface area contributed by atoms with Gasteiger partial charge in [-0.25, -0.2) is 0 Å². The fraction of sp³-hybridized carbons (Fsp3) is 0. The summed E-state index contributed by atoms with van der Waals surface area (Å²) < 4.78 is 0. The monoisotopic (exact) mass is 658 g/mol. The third kappa shape index (κ3) is 5.25. The average Bonchev–Trinajstić information content (AvgIpc) is 3.22. The van der Waals surface area contributed by atoms with Gasteiger partial charge in [0, 0.05) is 0 Å². The maximum absolute atomic E-state index is 2.37. The highest BCUT2D eigenvalue weighted by molar-refractivity contribution is 6.21. The fourth-order valence-electron chi connectivity index (χ4n) is 8.08. The van der Waals surface area contributed by atoms with E-state index in [2.05, 4.69) is 206 Å². The van der Waals surface area contributed by atoms with E-state index < -0.39 is 0 Å². The smallest absolute Gasteiger partial charge is 0.00262 e. The van der Waals surface area contributed by atoms with Gasteiger partial charge in [-0.05, 0) is 129 Å². The number of rotatable bonds is 5. The van der Waals surface area contributed by atoms with Crippen LogP contribution in [0.25, 0.3) is 98.7 Å². The Labute approximate surface area is 303 Å². The highest BCUT2D eigenvalue weighted by atomic mass is 14.2. The zero-order chi connectivity index (χ0) is 34.4. The van der Waals surface area contributed by atoms with E-state index in [1.807, 2.05) is 0 Å². The van der Waals surface area contributed by atoms with Gasteiger partial charge in [-0.15, -0.1) is 0 Å². The van der Waals surface area contributed by atoms with Crippen molar-refractivity contribution in [2.75, 3.05) is 0 Å². The van der Waals surface area contributed by atoms with Crippen molar-refractivity contribution in [3.05, 3.63) is 206 Å². The predicted octanol–water partition coefficient (Wildman–Crippen LogP) is 14.6. The summed E-state index contributed by atoms with van der Waals surface area (Å²) in [7, 11) is 0. The number of fused-ring (bicyclic) bond motifs is 4. The minimum atomic E-state index is 1.21. The van der Waals surface area contributed by atoms with Crippen LogP contribution in [0.2, 0.25) is 0 Å². The van der Waals surface area contributed by atoms with Gasteiger partial charge in [0.1, 0.15) is 0 Å². The molecule has 0 aliphatic rings. The maximum atomic E-state index is 2.37. The van der Waals surface area contributed by atoms with Crippen LogP contribution < -0.4 is 0 Å². The lowest BCUT2D eigenvalue weighted by Crippen LogP contribution is -1.91. The molecule has 0 aromatic heterocycles. The van der Waals surface area contributed by atoms with Gasteiger partial charge >= 0.3 is 0 Å². The highest BCUT2D eigenvalue weighted by Crippen LogP contribution is 2.44. The molecule has 0 fully saturated rings. The number of hydrogen-bond donors (Lipinski definition) is 0. The predicted molar refractivity (Wildman–Crippen MR) is 224 cm³/mol. The van der Waals surface area contributed by atoms with E-state index in [4.69, 9.17) is 0 Å². The molecule has 0 heteroatoms. The highest BCUT2D eigenvalue weighted by Gasteiger charge is 2.17. The zero-order valence-corrected chi connectivity index (χ0v) is 28.6. The van der Waals surface area contributed by atoms with Crippen molar-refractivity contribution in [2.45, 2.75) is 0 Å². The first-order chi connectivity index (χ1) is 25.8. The summed E-state index contributed by atoms with van der Waals surface area (Å²) in [4.78, 5) is 0. The van der Waals surface area contributed by atoms with Crippen LogP contribution in [0.4, 0.5) is 0 Å². The lowest BCUT2D eigenvalue weighted by molar-refractivity contribution is 1.58. The van der Waals surface area contributed by atoms with Crippen molar-refractivity contribution in [1.29, 1.82) is 0 Å². The normalized spacial score (nSPS) is 11.5. The Bertz CT molecular complexity index is 2910. The molecule has 0 nitrogen and oxygen atoms in total. The topological polar surface area (TPSA) is 0 Å². The van der Waals surface area contributed by atoms with Gasteiger partial charge in [-0.1, -0.05) is 176 Å². The summed E-state index contributed by atoms with van der Waals surface area (Å²) >= 11 is 0. The van der Waals surface area contributed by atoms with Crippen LogP contribution in [-0.2, 0) is 0 Å². The molecule has 0 saturated heterocycles. The van der Waals surface area contributed by atoms with Crippen LogP contribution >= 0.6 is 0 Å². The molecule has 0 atom stereocenters. The second kappa shape index (κ2) is 12.5. The van der Waals surface area contributed by atoms with Crippen molar-refractivity contribution in [2.24, 2.45) is 0 Å². The Morgan fingerprint density at radius 3 is 0.904 bits per heavy atom. The Balaban J connectivity index is 1.08. The van der Waals surface area contributed by atoms with E-state index >= 15 is 0 Å². The maximum Gasteiger partial charge on any atom is -0.00262 e. The van der Waals surface area contributed by atoms with E-state index in [-0.39, 0.29) is 0 Å². The van der Waals surface area contributed by atoms with Gasteiger partial charge in [0.25, 0.3) is 0 Å². The lowest BCUT2D eigenvalue weighted by Gasteiger charge is -2.18. The standard InChI is InChI=1S/C52H34/c1-3-14-37-30-44(28-26-35(37)12-1)42-19-10-17-40(32-42)39-16-9-18-41(31-39)43-20-11-21-45(34-43)51-47-22-5-7-24-49(47)52(50-25-8-6-23-48(50)51)46-29-27-36-13-2-4-15-38(36)33-46/h1-34H. The molecule has 0 radical (unpaired) electrons. The van der Waals surface area contributed by atoms with Crippen molar-refractivity contribution in [1.82, 2.24) is 0 Å². The number of benzene rings is 10. The number of hydrogen-bond acceptors (Lipinski definition) is 0. The molecule has 0 N–H and O–H groups in total. The molecule has 0 aliphatic carbocycles. The quantitative estimate of drug-likeness (QED) is 0.161. The molecule has 52 heavy (non-hydrogen) atoms. The van der Waals surface area contributed by atoms with Gasteiger partial charge in [0.2, 0.25) is 0 Å². The van der Waals surface area contributed by atoms with Crippen LogP contribution in [-0.4, -0.2) is 0 Å². The van der Waals surface area contributed by atoms with Crippen LogP contribution in [0.5, 0.6) is 0 Å². The van der Waals surface area contributed by atoms with E-state index in [0.717, 1.165) is 0 Å². The first-order valence-corrected chi connectivity index (χ1v) is 18.0. The van der Waals surface area contributed by atoms with Gasteiger partial charge in [0.15, 0.2) is 0 Å². The molecule has 10 aromatic carbocycles. The zero-order valence-electron chi connectivity index (χ0n) is 28.6. The molecule has 0 heterocycles. The van der Waals surface area contributed by atoms with Gasteiger partial charge in [0.05, 0.1) is 0 Å². The van der Waals surface area contributed by atoms with Crippen LogP contribution in [0.1, 0.15) is 0 Å². The molecule has 0 unspecified atom stereocenters. The lowest BCUT2D eigenvalue weighted by atomic mass is 9.85. The molecule has 10 aromatic rings. The van der Waals surface area contributed by atoms with Crippen molar-refractivity contribution in [3.63, 3.8) is 0 Å².